The summed E-state index contributed by atoms with van der Waals surface area (Å²) in [5.41, 5.74) is 6.45. The van der Waals surface area contributed by atoms with Gasteiger partial charge < -0.3 is 19.9 Å². The van der Waals surface area contributed by atoms with E-state index in [0.29, 0.717) is 31.3 Å². The third-order valence-electron chi connectivity index (χ3n) is 2.39. The zero-order valence-corrected chi connectivity index (χ0v) is 13.5. The molecule has 5 heteroatoms. The number of nitrogens with two attached hydrogens (primary N) is 1. The van der Waals surface area contributed by atoms with Crippen molar-refractivity contribution in [3.05, 3.63) is 22.2 Å². The Bertz CT molecular complexity index is 416. The first-order valence-corrected chi connectivity index (χ1v) is 7.00. The molecule has 0 atom stereocenters. The van der Waals surface area contributed by atoms with Gasteiger partial charge in [-0.2, -0.15) is 0 Å². The maximum absolute atomic E-state index is 5.72. The molecule has 0 amide bonds. The molecule has 0 unspecified atom stereocenters. The van der Waals surface area contributed by atoms with Crippen molar-refractivity contribution in [2.75, 3.05) is 20.3 Å². The second-order valence-corrected chi connectivity index (χ2v) is 5.98. The second-order valence-electron chi connectivity index (χ2n) is 5.12. The zero-order chi connectivity index (χ0) is 14.5. The van der Waals surface area contributed by atoms with E-state index in [9.17, 15) is 0 Å². The zero-order valence-electron chi connectivity index (χ0n) is 12.0. The van der Waals surface area contributed by atoms with Crippen LogP contribution in [0.25, 0.3) is 0 Å². The van der Waals surface area contributed by atoms with Crippen LogP contribution >= 0.6 is 15.9 Å². The summed E-state index contributed by atoms with van der Waals surface area (Å²) >= 11 is 3.47. The van der Waals surface area contributed by atoms with E-state index in [1.54, 1.807) is 7.11 Å². The van der Waals surface area contributed by atoms with Gasteiger partial charge in [-0.3, -0.25) is 0 Å². The summed E-state index contributed by atoms with van der Waals surface area (Å²) < 4.78 is 17.5. The fraction of sp³-hybridized carbons (Fsp3) is 0.571. The second kappa shape index (κ2) is 7.12. The van der Waals surface area contributed by atoms with Crippen molar-refractivity contribution in [2.24, 2.45) is 5.73 Å². The smallest absolute Gasteiger partial charge is 0.175 e. The maximum atomic E-state index is 5.72. The number of ether oxygens (including phenoxy) is 3. The normalized spacial score (nSPS) is 11.5. The molecule has 0 spiro atoms. The fourth-order valence-corrected chi connectivity index (χ4v) is 2.13. The molecule has 0 aliphatic rings. The van der Waals surface area contributed by atoms with Crippen molar-refractivity contribution in [2.45, 2.75) is 32.9 Å². The number of rotatable bonds is 6. The molecule has 0 saturated carbocycles. The van der Waals surface area contributed by atoms with E-state index in [0.717, 1.165) is 10.0 Å². The third-order valence-corrected chi connectivity index (χ3v) is 2.98. The average Bonchev–Trinajstić information content (AvgIpc) is 2.34. The number of methoxy groups -OCH3 is 1. The number of hydrogen-bond acceptors (Lipinski definition) is 4. The highest BCUT2D eigenvalue weighted by atomic mass is 79.9. The van der Waals surface area contributed by atoms with Crippen molar-refractivity contribution < 1.29 is 14.2 Å². The van der Waals surface area contributed by atoms with Crippen LogP contribution in [0, 0.1) is 0 Å². The van der Waals surface area contributed by atoms with Crippen molar-refractivity contribution >= 4 is 15.9 Å². The van der Waals surface area contributed by atoms with Crippen molar-refractivity contribution in [1.29, 1.82) is 0 Å². The van der Waals surface area contributed by atoms with Crippen LogP contribution < -0.4 is 15.2 Å². The van der Waals surface area contributed by atoms with E-state index >= 15 is 0 Å². The summed E-state index contributed by atoms with van der Waals surface area (Å²) in [6, 6.07) is 3.81. The van der Waals surface area contributed by atoms with Crippen LogP contribution in [-0.4, -0.2) is 25.9 Å². The van der Waals surface area contributed by atoms with Gasteiger partial charge in [0.25, 0.3) is 0 Å². The van der Waals surface area contributed by atoms with Crippen LogP contribution in [0.15, 0.2) is 16.6 Å². The van der Waals surface area contributed by atoms with E-state index < -0.39 is 0 Å². The first-order valence-electron chi connectivity index (χ1n) is 6.20. The predicted molar refractivity (Wildman–Crippen MR) is 79.8 cm³/mol. The van der Waals surface area contributed by atoms with E-state index in [1.807, 2.05) is 32.9 Å². The van der Waals surface area contributed by atoms with Crippen molar-refractivity contribution in [3.8, 4) is 11.5 Å². The SMILES string of the molecule is COc1cc(CN)cc(Br)c1OCCOC(C)(C)C. The Labute approximate surface area is 123 Å². The molecule has 0 heterocycles. The topological polar surface area (TPSA) is 53.7 Å². The van der Waals surface area contributed by atoms with E-state index in [-0.39, 0.29) is 5.60 Å². The lowest BCUT2D eigenvalue weighted by Crippen LogP contribution is -2.22. The van der Waals surface area contributed by atoms with Gasteiger partial charge in [-0.15, -0.1) is 0 Å². The summed E-state index contributed by atoms with van der Waals surface area (Å²) in [4.78, 5) is 0. The molecule has 0 aliphatic heterocycles. The molecule has 0 fully saturated rings. The Hall–Kier alpha value is -0.780. The number of halogens is 1. The number of benzene rings is 1. The Balaban J connectivity index is 2.67. The molecule has 108 valence electrons. The Kier molecular flexibility index (Phi) is 6.10. The first kappa shape index (κ1) is 16.3. The first-order chi connectivity index (χ1) is 8.87. The minimum atomic E-state index is -0.159. The van der Waals surface area contributed by atoms with Crippen LogP contribution in [0.3, 0.4) is 0 Å². The molecular formula is C14H22BrNO3. The van der Waals surface area contributed by atoms with Gasteiger partial charge in [0.1, 0.15) is 6.61 Å². The van der Waals surface area contributed by atoms with Crippen LogP contribution in [0.4, 0.5) is 0 Å². The van der Waals surface area contributed by atoms with Gasteiger partial charge in [-0.25, -0.2) is 0 Å². The van der Waals surface area contributed by atoms with Crippen molar-refractivity contribution in [3.63, 3.8) is 0 Å². The van der Waals surface area contributed by atoms with Gasteiger partial charge in [0.15, 0.2) is 11.5 Å². The molecule has 0 bridgehead atoms. The Morgan fingerprint density at radius 1 is 1.21 bits per heavy atom. The molecule has 1 aromatic carbocycles. The Morgan fingerprint density at radius 2 is 1.89 bits per heavy atom. The minimum Gasteiger partial charge on any atom is -0.493 e. The summed E-state index contributed by atoms with van der Waals surface area (Å²) in [6.07, 6.45) is 0. The molecule has 0 aliphatic carbocycles. The van der Waals surface area contributed by atoms with Gasteiger partial charge in [0.05, 0.1) is 23.8 Å². The fourth-order valence-electron chi connectivity index (χ4n) is 1.52. The molecule has 2 N–H and O–H groups in total. The molecular weight excluding hydrogens is 310 g/mol. The van der Waals surface area contributed by atoms with E-state index in [4.69, 9.17) is 19.9 Å². The van der Waals surface area contributed by atoms with Crippen molar-refractivity contribution in [1.82, 2.24) is 0 Å². The summed E-state index contributed by atoms with van der Waals surface area (Å²) in [5, 5.41) is 0. The summed E-state index contributed by atoms with van der Waals surface area (Å²) in [5.74, 6) is 1.35. The lowest BCUT2D eigenvalue weighted by Gasteiger charge is -2.20. The standard InChI is InChI=1S/C14H22BrNO3/c1-14(2,3)19-6-5-18-13-11(15)7-10(9-16)8-12(13)17-4/h7-8H,5-6,9,16H2,1-4H3. The van der Waals surface area contributed by atoms with E-state index in [1.165, 1.54) is 0 Å². The molecule has 0 saturated heterocycles. The van der Waals surface area contributed by atoms with Crippen LogP contribution in [0.2, 0.25) is 0 Å². The van der Waals surface area contributed by atoms with Gasteiger partial charge >= 0.3 is 0 Å². The van der Waals surface area contributed by atoms with Gasteiger partial charge in [-0.1, -0.05) is 0 Å². The highest BCUT2D eigenvalue weighted by Crippen LogP contribution is 2.36. The lowest BCUT2D eigenvalue weighted by molar-refractivity contribution is -0.0166. The highest BCUT2D eigenvalue weighted by molar-refractivity contribution is 9.10. The molecule has 19 heavy (non-hydrogen) atoms. The predicted octanol–water partition coefficient (Wildman–Crippen LogP) is 3.11. The van der Waals surface area contributed by atoms with Gasteiger partial charge in [0, 0.05) is 6.54 Å². The summed E-state index contributed by atoms with van der Waals surface area (Å²) in [7, 11) is 1.61. The molecule has 1 aromatic rings. The highest BCUT2D eigenvalue weighted by Gasteiger charge is 2.13. The van der Waals surface area contributed by atoms with E-state index in [2.05, 4.69) is 15.9 Å². The molecule has 4 nitrogen and oxygen atoms in total. The van der Waals surface area contributed by atoms with Gasteiger partial charge in [-0.05, 0) is 54.4 Å². The third kappa shape index (κ3) is 5.38. The minimum absolute atomic E-state index is 0.159. The number of hydrogen-bond donors (Lipinski definition) is 1. The van der Waals surface area contributed by atoms with Gasteiger partial charge in [0.2, 0.25) is 0 Å². The summed E-state index contributed by atoms with van der Waals surface area (Å²) in [6.45, 7) is 7.49. The van der Waals surface area contributed by atoms with Crippen LogP contribution in [-0.2, 0) is 11.3 Å². The molecule has 1 rings (SSSR count). The lowest BCUT2D eigenvalue weighted by atomic mass is 10.2. The average molecular weight is 332 g/mol. The Morgan fingerprint density at radius 3 is 2.42 bits per heavy atom. The quantitative estimate of drug-likeness (QED) is 0.814. The molecule has 0 aromatic heterocycles. The largest absolute Gasteiger partial charge is 0.493 e. The molecule has 0 radical (unpaired) electrons. The van der Waals surface area contributed by atoms with Crippen LogP contribution in [0.1, 0.15) is 26.3 Å². The van der Waals surface area contributed by atoms with Crippen LogP contribution in [0.5, 0.6) is 11.5 Å². The maximum Gasteiger partial charge on any atom is 0.175 e. The monoisotopic (exact) mass is 331 g/mol.